The Morgan fingerprint density at radius 1 is 1.14 bits per heavy atom. The first-order chi connectivity index (χ1) is 13.4. The van der Waals surface area contributed by atoms with Gasteiger partial charge < -0.3 is 14.2 Å². The van der Waals surface area contributed by atoms with Crippen molar-refractivity contribution < 1.29 is 32.2 Å². The second-order valence-corrected chi connectivity index (χ2v) is 7.62. The second-order valence-electron chi connectivity index (χ2n) is 5.94. The van der Waals surface area contributed by atoms with Crippen LogP contribution in [0.2, 0.25) is 0 Å². The molecule has 0 spiro atoms. The number of hydrogen-bond acceptors (Lipinski definition) is 7. The number of carbonyl (C=O) groups excluding carboxylic acids is 2. The van der Waals surface area contributed by atoms with Crippen molar-refractivity contribution in [2.75, 3.05) is 17.9 Å². The summed E-state index contributed by atoms with van der Waals surface area (Å²) in [5.41, 5.74) is 0.520. The predicted octanol–water partition coefficient (Wildman–Crippen LogP) is 2.36. The van der Waals surface area contributed by atoms with Crippen molar-refractivity contribution in [1.82, 2.24) is 0 Å². The lowest BCUT2D eigenvalue weighted by Gasteiger charge is -2.11. The summed E-state index contributed by atoms with van der Waals surface area (Å²) >= 11 is 0. The Bertz CT molecular complexity index is 953. The minimum atomic E-state index is -3.83. The molecule has 0 saturated carbocycles. The van der Waals surface area contributed by atoms with Gasteiger partial charge in [-0.1, -0.05) is 0 Å². The fourth-order valence-electron chi connectivity index (χ4n) is 2.55. The quantitative estimate of drug-likeness (QED) is 0.705. The van der Waals surface area contributed by atoms with E-state index in [0.29, 0.717) is 24.5 Å². The van der Waals surface area contributed by atoms with Crippen LogP contribution in [0.25, 0.3) is 0 Å². The van der Waals surface area contributed by atoms with E-state index in [1.54, 1.807) is 24.3 Å². The molecule has 1 N–H and O–H groups in total. The summed E-state index contributed by atoms with van der Waals surface area (Å²) in [5, 5.41) is 0. The molecule has 28 heavy (non-hydrogen) atoms. The lowest BCUT2D eigenvalue weighted by Crippen LogP contribution is -2.22. The average molecular weight is 405 g/mol. The third-order valence-corrected chi connectivity index (χ3v) is 5.35. The Morgan fingerprint density at radius 3 is 2.39 bits per heavy atom. The molecule has 1 saturated heterocycles. The number of benzene rings is 2. The van der Waals surface area contributed by atoms with E-state index >= 15 is 0 Å². The van der Waals surface area contributed by atoms with E-state index in [1.165, 1.54) is 24.3 Å². The van der Waals surface area contributed by atoms with Crippen LogP contribution >= 0.6 is 0 Å². The first-order valence-electron chi connectivity index (χ1n) is 8.62. The second kappa shape index (κ2) is 8.30. The van der Waals surface area contributed by atoms with Crippen molar-refractivity contribution in [3.63, 3.8) is 0 Å². The van der Waals surface area contributed by atoms with Crippen LogP contribution in [0.3, 0.4) is 0 Å². The summed E-state index contributed by atoms with van der Waals surface area (Å²) in [6.45, 7) is 2.59. The van der Waals surface area contributed by atoms with Gasteiger partial charge in [-0.25, -0.2) is 18.0 Å². The summed E-state index contributed by atoms with van der Waals surface area (Å²) in [4.78, 5) is 23.4. The smallest absolute Gasteiger partial charge is 0.347 e. The van der Waals surface area contributed by atoms with Crippen LogP contribution in [0.15, 0.2) is 53.4 Å². The van der Waals surface area contributed by atoms with Gasteiger partial charge in [0.25, 0.3) is 10.0 Å². The molecule has 148 valence electrons. The number of carbonyl (C=O) groups is 2. The zero-order valence-electron chi connectivity index (χ0n) is 15.1. The Hall–Kier alpha value is -3.07. The van der Waals surface area contributed by atoms with Gasteiger partial charge in [0.1, 0.15) is 5.75 Å². The Balaban J connectivity index is 1.67. The molecule has 3 rings (SSSR count). The van der Waals surface area contributed by atoms with Gasteiger partial charge in [0.05, 0.1) is 23.7 Å². The van der Waals surface area contributed by atoms with Crippen molar-refractivity contribution in [2.45, 2.75) is 24.3 Å². The van der Waals surface area contributed by atoms with Crippen molar-refractivity contribution in [3.05, 3.63) is 54.1 Å². The third-order valence-electron chi connectivity index (χ3n) is 3.95. The summed E-state index contributed by atoms with van der Waals surface area (Å²) < 4.78 is 42.6. The number of sulfonamides is 1. The van der Waals surface area contributed by atoms with E-state index in [2.05, 4.69) is 4.72 Å². The molecule has 1 aliphatic rings. The lowest BCUT2D eigenvalue weighted by molar-refractivity contribution is -0.145. The molecule has 0 radical (unpaired) electrons. The molecule has 0 aliphatic carbocycles. The average Bonchev–Trinajstić information content (AvgIpc) is 3.08. The highest BCUT2D eigenvalue weighted by Gasteiger charge is 2.30. The van der Waals surface area contributed by atoms with Crippen molar-refractivity contribution in [1.29, 1.82) is 0 Å². The minimum Gasteiger partial charge on any atom is -0.494 e. The molecule has 9 heteroatoms. The van der Waals surface area contributed by atoms with Crippen molar-refractivity contribution in [3.8, 4) is 5.75 Å². The minimum absolute atomic E-state index is 0.0155. The van der Waals surface area contributed by atoms with Crippen molar-refractivity contribution >= 4 is 27.6 Å². The van der Waals surface area contributed by atoms with Gasteiger partial charge in [-0.3, -0.25) is 4.72 Å². The third kappa shape index (κ3) is 4.61. The number of cyclic esters (lactones) is 1. The number of rotatable bonds is 7. The van der Waals surface area contributed by atoms with Crippen LogP contribution < -0.4 is 9.46 Å². The summed E-state index contributed by atoms with van der Waals surface area (Å²) in [7, 11) is -3.83. The Labute approximate surface area is 162 Å². The van der Waals surface area contributed by atoms with E-state index in [4.69, 9.17) is 14.2 Å². The van der Waals surface area contributed by atoms with Crippen LogP contribution in [0, 0.1) is 0 Å². The van der Waals surface area contributed by atoms with E-state index in [-0.39, 0.29) is 17.1 Å². The molecule has 1 aliphatic heterocycles. The number of esters is 2. The first-order valence-corrected chi connectivity index (χ1v) is 10.1. The number of anilines is 1. The van der Waals surface area contributed by atoms with Crippen LogP contribution in [-0.2, 0) is 24.3 Å². The zero-order chi connectivity index (χ0) is 20.1. The van der Waals surface area contributed by atoms with Crippen LogP contribution in [0.4, 0.5) is 5.69 Å². The largest absolute Gasteiger partial charge is 0.494 e. The predicted molar refractivity (Wildman–Crippen MR) is 99.6 cm³/mol. The Morgan fingerprint density at radius 2 is 1.82 bits per heavy atom. The van der Waals surface area contributed by atoms with Gasteiger partial charge in [-0.15, -0.1) is 0 Å². The topological polar surface area (TPSA) is 108 Å². The van der Waals surface area contributed by atoms with E-state index < -0.39 is 28.1 Å². The van der Waals surface area contributed by atoms with Gasteiger partial charge in [0.2, 0.25) is 6.10 Å². The molecule has 0 unspecified atom stereocenters. The number of hydrogen-bond donors (Lipinski definition) is 1. The summed E-state index contributed by atoms with van der Waals surface area (Å²) in [6.07, 6.45) is -0.611. The molecule has 1 atom stereocenters. The van der Waals surface area contributed by atoms with Gasteiger partial charge in [-0.2, -0.15) is 0 Å². The Kier molecular flexibility index (Phi) is 5.84. The molecule has 1 fully saturated rings. The van der Waals surface area contributed by atoms with Gasteiger partial charge in [0.15, 0.2) is 0 Å². The summed E-state index contributed by atoms with van der Waals surface area (Å²) in [5.74, 6) is -0.654. The van der Waals surface area contributed by atoms with Gasteiger partial charge in [0, 0.05) is 12.1 Å². The molecule has 8 nitrogen and oxygen atoms in total. The van der Waals surface area contributed by atoms with Gasteiger partial charge in [-0.05, 0) is 55.5 Å². The maximum absolute atomic E-state index is 12.5. The highest BCUT2D eigenvalue weighted by Crippen LogP contribution is 2.20. The monoisotopic (exact) mass is 405 g/mol. The fourth-order valence-corrected chi connectivity index (χ4v) is 3.61. The fraction of sp³-hybridized carbons (Fsp3) is 0.263. The first kappa shape index (κ1) is 19.7. The maximum Gasteiger partial charge on any atom is 0.347 e. The lowest BCUT2D eigenvalue weighted by atomic mass is 10.2. The van der Waals surface area contributed by atoms with Gasteiger partial charge >= 0.3 is 11.9 Å². The standard InChI is InChI=1S/C19H19NO7S/c1-2-25-15-7-5-14(6-8-15)20-28(23,24)16-9-3-13(4-10-16)18(21)27-17-11-12-26-19(17)22/h3-10,17,20H,2,11-12H2,1H3/t17-/m0/s1. The van der Waals surface area contributed by atoms with Crippen LogP contribution in [0.5, 0.6) is 5.75 Å². The SMILES string of the molecule is CCOc1ccc(NS(=O)(=O)c2ccc(C(=O)O[C@H]3CCOC3=O)cc2)cc1. The molecule has 2 aromatic rings. The molecule has 0 amide bonds. The summed E-state index contributed by atoms with van der Waals surface area (Å²) in [6, 6.07) is 11.7. The molecule has 1 heterocycles. The number of nitrogens with one attached hydrogen (secondary N) is 1. The molecule has 2 aromatic carbocycles. The molecule has 0 aromatic heterocycles. The zero-order valence-corrected chi connectivity index (χ0v) is 15.9. The van der Waals surface area contributed by atoms with Crippen LogP contribution in [-0.4, -0.2) is 39.7 Å². The molecular weight excluding hydrogens is 386 g/mol. The van der Waals surface area contributed by atoms with E-state index in [0.717, 1.165) is 0 Å². The van der Waals surface area contributed by atoms with E-state index in [1.807, 2.05) is 6.92 Å². The van der Waals surface area contributed by atoms with E-state index in [9.17, 15) is 18.0 Å². The highest BCUT2D eigenvalue weighted by atomic mass is 32.2. The highest BCUT2D eigenvalue weighted by molar-refractivity contribution is 7.92. The maximum atomic E-state index is 12.5. The normalized spacial score (nSPS) is 16.3. The van der Waals surface area contributed by atoms with Crippen molar-refractivity contribution in [2.24, 2.45) is 0 Å². The molecular formula is C19H19NO7S. The number of ether oxygens (including phenoxy) is 3. The molecule has 0 bridgehead atoms. The van der Waals surface area contributed by atoms with Crippen LogP contribution in [0.1, 0.15) is 23.7 Å².